The van der Waals surface area contributed by atoms with E-state index in [-0.39, 0.29) is 0 Å². The van der Waals surface area contributed by atoms with E-state index in [0.29, 0.717) is 5.75 Å². The highest BCUT2D eigenvalue weighted by molar-refractivity contribution is 5.78. The van der Waals surface area contributed by atoms with Gasteiger partial charge in [-0.05, 0) is 85.3 Å². The quantitative estimate of drug-likeness (QED) is 0.793. The van der Waals surface area contributed by atoms with E-state index in [0.717, 1.165) is 24.8 Å². The van der Waals surface area contributed by atoms with Crippen LogP contribution in [-0.4, -0.2) is 5.11 Å². The molecule has 1 heteroatoms. The SMILES string of the molecule is Oc1ccc2c(c1-c1cccc3c1CCCC3)CCCC2. The average Bonchev–Trinajstić information content (AvgIpc) is 2.54. The van der Waals surface area contributed by atoms with Crippen molar-refractivity contribution in [2.24, 2.45) is 0 Å². The number of fused-ring (bicyclic) bond motifs is 2. The third kappa shape index (κ3) is 2.16. The number of aryl methyl sites for hydroxylation is 2. The largest absolute Gasteiger partial charge is 0.507 e. The van der Waals surface area contributed by atoms with Crippen LogP contribution in [0.1, 0.15) is 47.9 Å². The predicted octanol–water partition coefficient (Wildman–Crippen LogP) is 4.82. The molecule has 0 aromatic heterocycles. The fraction of sp³-hybridized carbons (Fsp3) is 0.400. The fourth-order valence-electron chi connectivity index (χ4n) is 4.13. The smallest absolute Gasteiger partial charge is 0.123 e. The van der Waals surface area contributed by atoms with Crippen LogP contribution in [0.4, 0.5) is 0 Å². The van der Waals surface area contributed by atoms with Gasteiger partial charge in [-0.15, -0.1) is 0 Å². The van der Waals surface area contributed by atoms with E-state index < -0.39 is 0 Å². The lowest BCUT2D eigenvalue weighted by atomic mass is 9.81. The molecule has 1 nitrogen and oxygen atoms in total. The summed E-state index contributed by atoms with van der Waals surface area (Å²) in [5.74, 6) is 0.467. The average molecular weight is 278 g/mol. The van der Waals surface area contributed by atoms with Crippen molar-refractivity contribution in [3.05, 3.63) is 52.6 Å². The van der Waals surface area contributed by atoms with Gasteiger partial charge >= 0.3 is 0 Å². The monoisotopic (exact) mass is 278 g/mol. The molecule has 0 saturated carbocycles. The second kappa shape index (κ2) is 5.22. The van der Waals surface area contributed by atoms with Gasteiger partial charge in [-0.1, -0.05) is 24.3 Å². The summed E-state index contributed by atoms with van der Waals surface area (Å²) in [7, 11) is 0. The topological polar surface area (TPSA) is 20.2 Å². The lowest BCUT2D eigenvalue weighted by molar-refractivity contribution is 0.475. The van der Waals surface area contributed by atoms with Crippen LogP contribution in [0.2, 0.25) is 0 Å². The van der Waals surface area contributed by atoms with Crippen molar-refractivity contribution in [1.82, 2.24) is 0 Å². The maximum Gasteiger partial charge on any atom is 0.123 e. The molecule has 0 aliphatic heterocycles. The van der Waals surface area contributed by atoms with Crippen molar-refractivity contribution in [2.45, 2.75) is 51.4 Å². The van der Waals surface area contributed by atoms with Crippen LogP contribution < -0.4 is 0 Å². The zero-order valence-corrected chi connectivity index (χ0v) is 12.5. The summed E-state index contributed by atoms with van der Waals surface area (Å²) >= 11 is 0. The van der Waals surface area contributed by atoms with Crippen LogP contribution in [0.3, 0.4) is 0 Å². The Labute approximate surface area is 126 Å². The highest BCUT2D eigenvalue weighted by Crippen LogP contribution is 2.41. The van der Waals surface area contributed by atoms with Crippen LogP contribution in [0.5, 0.6) is 5.75 Å². The van der Waals surface area contributed by atoms with Gasteiger partial charge in [0.15, 0.2) is 0 Å². The Balaban J connectivity index is 1.95. The van der Waals surface area contributed by atoms with E-state index >= 15 is 0 Å². The summed E-state index contributed by atoms with van der Waals surface area (Å²) in [5, 5.41) is 10.5. The number of phenols is 1. The summed E-state index contributed by atoms with van der Waals surface area (Å²) in [5.41, 5.74) is 8.25. The highest BCUT2D eigenvalue weighted by Gasteiger charge is 2.21. The predicted molar refractivity (Wildman–Crippen MR) is 86.8 cm³/mol. The summed E-state index contributed by atoms with van der Waals surface area (Å²) in [4.78, 5) is 0. The molecule has 21 heavy (non-hydrogen) atoms. The highest BCUT2D eigenvalue weighted by atomic mass is 16.3. The minimum atomic E-state index is 0.467. The van der Waals surface area contributed by atoms with Gasteiger partial charge in [0, 0.05) is 5.56 Å². The summed E-state index contributed by atoms with van der Waals surface area (Å²) < 4.78 is 0. The number of benzene rings is 2. The van der Waals surface area contributed by atoms with Gasteiger partial charge in [-0.3, -0.25) is 0 Å². The van der Waals surface area contributed by atoms with Gasteiger partial charge in [-0.2, -0.15) is 0 Å². The normalized spacial score (nSPS) is 17.1. The van der Waals surface area contributed by atoms with Crippen LogP contribution >= 0.6 is 0 Å². The number of phenolic OH excluding ortho intramolecular Hbond substituents is 1. The fourth-order valence-corrected chi connectivity index (χ4v) is 4.13. The molecule has 0 fully saturated rings. The third-order valence-electron chi connectivity index (χ3n) is 5.18. The molecule has 0 unspecified atom stereocenters. The van der Waals surface area contributed by atoms with Gasteiger partial charge in [0.25, 0.3) is 0 Å². The minimum absolute atomic E-state index is 0.467. The number of hydrogen-bond donors (Lipinski definition) is 1. The molecule has 0 amide bonds. The van der Waals surface area contributed by atoms with E-state index in [2.05, 4.69) is 24.3 Å². The maximum absolute atomic E-state index is 10.5. The van der Waals surface area contributed by atoms with E-state index in [4.69, 9.17) is 0 Å². The van der Waals surface area contributed by atoms with E-state index in [1.807, 2.05) is 6.07 Å². The molecule has 0 atom stereocenters. The molecule has 108 valence electrons. The Morgan fingerprint density at radius 3 is 2.14 bits per heavy atom. The van der Waals surface area contributed by atoms with Crippen LogP contribution in [0, 0.1) is 0 Å². The number of rotatable bonds is 1. The molecular weight excluding hydrogens is 256 g/mol. The van der Waals surface area contributed by atoms with Gasteiger partial charge < -0.3 is 5.11 Å². The Kier molecular flexibility index (Phi) is 3.21. The minimum Gasteiger partial charge on any atom is -0.507 e. The van der Waals surface area contributed by atoms with Gasteiger partial charge in [0.1, 0.15) is 5.75 Å². The standard InChI is InChI=1S/C20H22O/c21-19-13-12-15-7-2-4-10-17(15)20(19)18-11-5-8-14-6-1-3-9-16(14)18/h5,8,11-13,21H,1-4,6-7,9-10H2. The van der Waals surface area contributed by atoms with Crippen LogP contribution in [0.25, 0.3) is 11.1 Å². The number of hydrogen-bond acceptors (Lipinski definition) is 1. The molecule has 0 spiro atoms. The molecule has 1 N–H and O–H groups in total. The maximum atomic E-state index is 10.5. The molecule has 2 aromatic carbocycles. The Morgan fingerprint density at radius 2 is 1.33 bits per heavy atom. The van der Waals surface area contributed by atoms with E-state index in [9.17, 15) is 5.11 Å². The lowest BCUT2D eigenvalue weighted by Crippen LogP contribution is -2.08. The molecule has 2 aromatic rings. The van der Waals surface area contributed by atoms with Gasteiger partial charge in [-0.25, -0.2) is 0 Å². The first-order chi connectivity index (χ1) is 10.3. The number of aromatic hydroxyl groups is 1. The first-order valence-corrected chi connectivity index (χ1v) is 8.29. The Hall–Kier alpha value is -1.76. The molecular formula is C20H22O. The zero-order chi connectivity index (χ0) is 14.2. The van der Waals surface area contributed by atoms with Crippen LogP contribution in [-0.2, 0) is 25.7 Å². The molecule has 2 aliphatic rings. The second-order valence-corrected chi connectivity index (χ2v) is 6.45. The van der Waals surface area contributed by atoms with Crippen molar-refractivity contribution >= 4 is 0 Å². The Bertz CT molecular complexity index is 684. The molecule has 0 radical (unpaired) electrons. The van der Waals surface area contributed by atoms with Gasteiger partial charge in [0.2, 0.25) is 0 Å². The van der Waals surface area contributed by atoms with E-state index in [1.165, 1.54) is 59.9 Å². The second-order valence-electron chi connectivity index (χ2n) is 6.45. The molecule has 0 bridgehead atoms. The van der Waals surface area contributed by atoms with Crippen molar-refractivity contribution < 1.29 is 5.11 Å². The summed E-state index contributed by atoms with van der Waals surface area (Å²) in [6, 6.07) is 10.7. The van der Waals surface area contributed by atoms with Crippen molar-refractivity contribution in [3.8, 4) is 16.9 Å². The molecule has 0 heterocycles. The van der Waals surface area contributed by atoms with E-state index in [1.54, 1.807) is 0 Å². The van der Waals surface area contributed by atoms with Crippen molar-refractivity contribution in [2.75, 3.05) is 0 Å². The summed E-state index contributed by atoms with van der Waals surface area (Å²) in [6.07, 6.45) is 9.74. The lowest BCUT2D eigenvalue weighted by Gasteiger charge is -2.24. The van der Waals surface area contributed by atoms with Crippen molar-refractivity contribution in [1.29, 1.82) is 0 Å². The third-order valence-corrected chi connectivity index (χ3v) is 5.18. The van der Waals surface area contributed by atoms with Crippen molar-refractivity contribution in [3.63, 3.8) is 0 Å². The van der Waals surface area contributed by atoms with Crippen LogP contribution in [0.15, 0.2) is 30.3 Å². The first kappa shape index (κ1) is 12.9. The molecule has 2 aliphatic carbocycles. The Morgan fingerprint density at radius 1 is 0.667 bits per heavy atom. The molecule has 0 saturated heterocycles. The summed E-state index contributed by atoms with van der Waals surface area (Å²) in [6.45, 7) is 0. The molecule has 4 rings (SSSR count). The first-order valence-electron chi connectivity index (χ1n) is 8.29. The zero-order valence-electron chi connectivity index (χ0n) is 12.5. The van der Waals surface area contributed by atoms with Gasteiger partial charge in [0.05, 0.1) is 0 Å².